The van der Waals surface area contributed by atoms with Crippen molar-refractivity contribution in [2.24, 2.45) is 5.84 Å². The van der Waals surface area contributed by atoms with E-state index in [-0.39, 0.29) is 0 Å². The van der Waals surface area contributed by atoms with Crippen LogP contribution in [0.2, 0.25) is 0 Å². The van der Waals surface area contributed by atoms with Gasteiger partial charge in [0.1, 0.15) is 17.5 Å². The van der Waals surface area contributed by atoms with Crippen LogP contribution in [0.3, 0.4) is 0 Å². The summed E-state index contributed by atoms with van der Waals surface area (Å²) in [6, 6.07) is 7.94. The van der Waals surface area contributed by atoms with Gasteiger partial charge in [-0.15, -0.1) is 0 Å². The van der Waals surface area contributed by atoms with Crippen molar-refractivity contribution in [3.63, 3.8) is 0 Å². The number of rotatable bonds is 4. The van der Waals surface area contributed by atoms with Gasteiger partial charge < -0.3 is 10.7 Å². The molecule has 0 spiro atoms. The first-order valence-corrected chi connectivity index (χ1v) is 7.34. The second-order valence-corrected chi connectivity index (χ2v) is 5.88. The highest BCUT2D eigenvalue weighted by Gasteiger charge is 2.27. The van der Waals surface area contributed by atoms with Crippen LogP contribution in [0.15, 0.2) is 28.7 Å². The standard InChI is InChI=1S/C14H16BrN5/c1-8-2-5-11(10(15)6-8)17-12-7-13(20-16)19-14(18-12)9-3-4-9/h2,5-7,9H,3-4,16H2,1H3,(H2,17,18,19,20). The molecule has 4 N–H and O–H groups in total. The van der Waals surface area contributed by atoms with E-state index in [0.717, 1.165) is 34.6 Å². The predicted molar refractivity (Wildman–Crippen MR) is 84.0 cm³/mol. The summed E-state index contributed by atoms with van der Waals surface area (Å²) in [6.45, 7) is 2.06. The topological polar surface area (TPSA) is 75.9 Å². The van der Waals surface area contributed by atoms with Gasteiger partial charge in [0, 0.05) is 16.5 Å². The summed E-state index contributed by atoms with van der Waals surface area (Å²) in [5, 5.41) is 3.30. The third kappa shape index (κ3) is 2.91. The van der Waals surface area contributed by atoms with E-state index in [0.29, 0.717) is 11.7 Å². The van der Waals surface area contributed by atoms with Crippen molar-refractivity contribution in [2.75, 3.05) is 10.7 Å². The molecule has 0 radical (unpaired) electrons. The minimum absolute atomic E-state index is 0.477. The molecule has 6 heteroatoms. The molecule has 3 rings (SSSR count). The van der Waals surface area contributed by atoms with Crippen molar-refractivity contribution >= 4 is 33.3 Å². The zero-order valence-electron chi connectivity index (χ0n) is 11.2. The Bertz CT molecular complexity index is 639. The van der Waals surface area contributed by atoms with Crippen LogP contribution in [0.4, 0.5) is 17.3 Å². The molecule has 0 atom stereocenters. The minimum Gasteiger partial charge on any atom is -0.339 e. The SMILES string of the molecule is Cc1ccc(Nc2cc(NN)nc(C3CC3)n2)c(Br)c1. The summed E-state index contributed by atoms with van der Waals surface area (Å²) >= 11 is 3.55. The third-order valence-corrected chi connectivity index (χ3v) is 3.88. The fourth-order valence-corrected chi connectivity index (χ4v) is 2.58. The summed E-state index contributed by atoms with van der Waals surface area (Å²) < 4.78 is 1.01. The Hall–Kier alpha value is -1.66. The third-order valence-electron chi connectivity index (χ3n) is 3.22. The van der Waals surface area contributed by atoms with Gasteiger partial charge in [-0.2, -0.15) is 0 Å². The van der Waals surface area contributed by atoms with Crippen LogP contribution in [-0.2, 0) is 0 Å². The molecule has 104 valence electrons. The number of aromatic nitrogens is 2. The lowest BCUT2D eigenvalue weighted by Crippen LogP contribution is -2.11. The lowest BCUT2D eigenvalue weighted by atomic mass is 10.2. The van der Waals surface area contributed by atoms with Gasteiger partial charge >= 0.3 is 0 Å². The number of nitrogens with two attached hydrogens (primary N) is 1. The van der Waals surface area contributed by atoms with Crippen LogP contribution in [0.5, 0.6) is 0 Å². The number of hydrogen-bond acceptors (Lipinski definition) is 5. The molecule has 0 unspecified atom stereocenters. The number of nitrogen functional groups attached to an aromatic ring is 1. The Morgan fingerprint density at radius 2 is 1.95 bits per heavy atom. The molecule has 1 aliphatic carbocycles. The molecule has 1 aliphatic rings. The quantitative estimate of drug-likeness (QED) is 0.590. The van der Waals surface area contributed by atoms with Gasteiger partial charge in [0.25, 0.3) is 0 Å². The van der Waals surface area contributed by atoms with Crippen molar-refractivity contribution in [2.45, 2.75) is 25.7 Å². The molecule has 0 amide bonds. The van der Waals surface area contributed by atoms with Gasteiger partial charge in [-0.25, -0.2) is 15.8 Å². The van der Waals surface area contributed by atoms with Gasteiger partial charge in [0.05, 0.1) is 5.69 Å². The summed E-state index contributed by atoms with van der Waals surface area (Å²) in [5.41, 5.74) is 4.77. The Morgan fingerprint density at radius 3 is 2.60 bits per heavy atom. The molecule has 0 aliphatic heterocycles. The van der Waals surface area contributed by atoms with E-state index in [9.17, 15) is 0 Å². The number of nitrogens with one attached hydrogen (secondary N) is 2. The average molecular weight is 334 g/mol. The first-order chi connectivity index (χ1) is 9.65. The fourth-order valence-electron chi connectivity index (χ4n) is 1.99. The van der Waals surface area contributed by atoms with E-state index in [1.807, 2.05) is 6.07 Å². The zero-order valence-corrected chi connectivity index (χ0v) is 12.7. The Balaban J connectivity index is 1.91. The Morgan fingerprint density at radius 1 is 1.20 bits per heavy atom. The predicted octanol–water partition coefficient (Wildman–Crippen LogP) is 3.45. The van der Waals surface area contributed by atoms with Crippen LogP contribution < -0.4 is 16.6 Å². The largest absolute Gasteiger partial charge is 0.339 e. The van der Waals surface area contributed by atoms with Crippen LogP contribution in [0.1, 0.15) is 30.1 Å². The van der Waals surface area contributed by atoms with Crippen LogP contribution >= 0.6 is 15.9 Å². The van der Waals surface area contributed by atoms with E-state index in [4.69, 9.17) is 5.84 Å². The second-order valence-electron chi connectivity index (χ2n) is 5.02. The second kappa shape index (κ2) is 5.38. The Labute approximate surface area is 126 Å². The highest BCUT2D eigenvalue weighted by molar-refractivity contribution is 9.10. The molecule has 0 saturated heterocycles. The van der Waals surface area contributed by atoms with E-state index < -0.39 is 0 Å². The van der Waals surface area contributed by atoms with E-state index in [2.05, 4.69) is 55.7 Å². The molecular weight excluding hydrogens is 318 g/mol. The highest BCUT2D eigenvalue weighted by atomic mass is 79.9. The maximum Gasteiger partial charge on any atom is 0.145 e. The molecule has 1 saturated carbocycles. The first-order valence-electron chi connectivity index (χ1n) is 6.54. The normalized spacial score (nSPS) is 14.2. The van der Waals surface area contributed by atoms with Gasteiger partial charge in [-0.3, -0.25) is 0 Å². The minimum atomic E-state index is 0.477. The van der Waals surface area contributed by atoms with Gasteiger partial charge in [-0.05, 0) is 53.4 Å². The number of anilines is 3. The van der Waals surface area contributed by atoms with Gasteiger partial charge in [0.2, 0.25) is 0 Å². The summed E-state index contributed by atoms with van der Waals surface area (Å²) in [6.07, 6.45) is 2.31. The molecule has 0 bridgehead atoms. The number of hydrogen-bond donors (Lipinski definition) is 3. The first kappa shape index (κ1) is 13.3. The lowest BCUT2D eigenvalue weighted by Gasteiger charge is -2.11. The average Bonchev–Trinajstić information content (AvgIpc) is 3.26. The Kier molecular flexibility index (Phi) is 3.58. The van der Waals surface area contributed by atoms with Crippen molar-refractivity contribution in [3.8, 4) is 0 Å². The molecule has 1 heterocycles. The maximum atomic E-state index is 5.47. The smallest absolute Gasteiger partial charge is 0.145 e. The van der Waals surface area contributed by atoms with E-state index in [1.54, 1.807) is 6.07 Å². The molecule has 20 heavy (non-hydrogen) atoms. The highest BCUT2D eigenvalue weighted by Crippen LogP contribution is 2.39. The molecule has 1 aromatic carbocycles. The van der Waals surface area contributed by atoms with E-state index in [1.165, 1.54) is 5.56 Å². The number of aryl methyl sites for hydroxylation is 1. The summed E-state index contributed by atoms with van der Waals surface area (Å²) in [5.74, 6) is 8.19. The maximum absolute atomic E-state index is 5.47. The van der Waals surface area contributed by atoms with E-state index >= 15 is 0 Å². The van der Waals surface area contributed by atoms with Gasteiger partial charge in [-0.1, -0.05) is 6.07 Å². The number of hydrazine groups is 1. The zero-order chi connectivity index (χ0) is 14.1. The molecule has 5 nitrogen and oxygen atoms in total. The van der Waals surface area contributed by atoms with Crippen LogP contribution in [0, 0.1) is 6.92 Å². The fraction of sp³-hybridized carbons (Fsp3) is 0.286. The lowest BCUT2D eigenvalue weighted by molar-refractivity contribution is 0.929. The molecule has 1 fully saturated rings. The van der Waals surface area contributed by atoms with Crippen molar-refractivity contribution < 1.29 is 0 Å². The number of halogens is 1. The van der Waals surface area contributed by atoms with Crippen LogP contribution in [0.25, 0.3) is 0 Å². The summed E-state index contributed by atoms with van der Waals surface area (Å²) in [4.78, 5) is 8.96. The number of nitrogens with zero attached hydrogens (tertiary/aromatic N) is 2. The van der Waals surface area contributed by atoms with Crippen LogP contribution in [-0.4, -0.2) is 9.97 Å². The van der Waals surface area contributed by atoms with Crippen molar-refractivity contribution in [1.82, 2.24) is 9.97 Å². The monoisotopic (exact) mass is 333 g/mol. The molecular formula is C14H16BrN5. The van der Waals surface area contributed by atoms with Crippen molar-refractivity contribution in [1.29, 1.82) is 0 Å². The van der Waals surface area contributed by atoms with Gasteiger partial charge in [0.15, 0.2) is 0 Å². The van der Waals surface area contributed by atoms with Crippen molar-refractivity contribution in [3.05, 3.63) is 40.1 Å². The molecule has 1 aromatic heterocycles. The summed E-state index contributed by atoms with van der Waals surface area (Å²) in [7, 11) is 0. The molecule has 2 aromatic rings. The number of benzene rings is 1.